The first kappa shape index (κ1) is 14.6. The van der Waals surface area contributed by atoms with Gasteiger partial charge < -0.3 is 10.1 Å². The van der Waals surface area contributed by atoms with Crippen molar-refractivity contribution in [3.05, 3.63) is 60.7 Å². The molecule has 0 aliphatic carbocycles. The third-order valence-corrected chi connectivity index (χ3v) is 2.97. The molecule has 1 aromatic heterocycles. The smallest absolute Gasteiger partial charge is 0.262 e. The highest BCUT2D eigenvalue weighted by atomic mass is 19.1. The van der Waals surface area contributed by atoms with Gasteiger partial charge in [0.25, 0.3) is 5.91 Å². The molecule has 0 aliphatic rings. The summed E-state index contributed by atoms with van der Waals surface area (Å²) in [6.07, 6.45) is 1.47. The number of carbonyl (C=O) groups excluding carboxylic acids is 1. The van der Waals surface area contributed by atoms with E-state index in [4.69, 9.17) is 4.74 Å². The van der Waals surface area contributed by atoms with Crippen LogP contribution in [-0.2, 0) is 4.79 Å². The van der Waals surface area contributed by atoms with Gasteiger partial charge in [-0.05, 0) is 46.8 Å². The summed E-state index contributed by atoms with van der Waals surface area (Å²) in [5, 5.41) is 13.3. The maximum Gasteiger partial charge on any atom is 0.262 e. The number of rotatable bonds is 5. The molecule has 8 heteroatoms. The van der Waals surface area contributed by atoms with Crippen LogP contribution in [0.2, 0.25) is 0 Å². The van der Waals surface area contributed by atoms with Crippen LogP contribution in [0.15, 0.2) is 54.9 Å². The SMILES string of the molecule is O=C(COc1ccc(-n2cnnn2)cc1)Nc1ccccc1F. The third kappa shape index (κ3) is 3.67. The van der Waals surface area contributed by atoms with Crippen LogP contribution in [0.4, 0.5) is 10.1 Å². The number of nitrogens with one attached hydrogen (secondary N) is 1. The third-order valence-electron chi connectivity index (χ3n) is 2.97. The standard InChI is InChI=1S/C15H12FN5O2/c16-13-3-1-2-4-14(13)18-15(22)9-23-12-7-5-11(6-8-12)21-10-17-19-20-21/h1-8,10H,9H2,(H,18,22). The first-order chi connectivity index (χ1) is 11.2. The fraction of sp³-hybridized carbons (Fsp3) is 0.0667. The monoisotopic (exact) mass is 313 g/mol. The number of hydrogen-bond donors (Lipinski definition) is 1. The highest BCUT2D eigenvalue weighted by Gasteiger charge is 2.07. The molecule has 23 heavy (non-hydrogen) atoms. The number of carbonyl (C=O) groups is 1. The molecule has 3 rings (SSSR count). The Morgan fingerprint density at radius 3 is 2.65 bits per heavy atom. The zero-order valence-electron chi connectivity index (χ0n) is 11.9. The minimum absolute atomic E-state index is 0.120. The Kier molecular flexibility index (Phi) is 4.23. The van der Waals surface area contributed by atoms with Crippen molar-refractivity contribution < 1.29 is 13.9 Å². The molecule has 0 fully saturated rings. The molecule has 116 valence electrons. The summed E-state index contributed by atoms with van der Waals surface area (Å²) in [5.74, 6) is -0.434. The second-order valence-electron chi connectivity index (χ2n) is 4.56. The lowest BCUT2D eigenvalue weighted by Gasteiger charge is -2.08. The molecule has 3 aromatic rings. The van der Waals surface area contributed by atoms with Crippen molar-refractivity contribution in [3.63, 3.8) is 0 Å². The Bertz CT molecular complexity index is 790. The van der Waals surface area contributed by atoms with Gasteiger partial charge in [0, 0.05) is 0 Å². The molecule has 1 N–H and O–H groups in total. The van der Waals surface area contributed by atoms with Crippen molar-refractivity contribution in [1.29, 1.82) is 0 Å². The maximum absolute atomic E-state index is 13.4. The van der Waals surface area contributed by atoms with E-state index < -0.39 is 11.7 Å². The van der Waals surface area contributed by atoms with E-state index in [2.05, 4.69) is 20.8 Å². The summed E-state index contributed by atoms with van der Waals surface area (Å²) in [6, 6.07) is 12.8. The van der Waals surface area contributed by atoms with Gasteiger partial charge in [-0.3, -0.25) is 4.79 Å². The Labute approximate surface area is 130 Å². The van der Waals surface area contributed by atoms with E-state index in [1.165, 1.54) is 23.1 Å². The molecule has 0 atom stereocenters. The highest BCUT2D eigenvalue weighted by molar-refractivity contribution is 5.91. The zero-order valence-corrected chi connectivity index (χ0v) is 11.9. The summed E-state index contributed by atoms with van der Waals surface area (Å²) >= 11 is 0. The topological polar surface area (TPSA) is 81.9 Å². The van der Waals surface area contributed by atoms with Crippen molar-refractivity contribution in [2.24, 2.45) is 0 Å². The lowest BCUT2D eigenvalue weighted by atomic mass is 10.3. The van der Waals surface area contributed by atoms with E-state index in [1.54, 1.807) is 36.4 Å². The van der Waals surface area contributed by atoms with E-state index in [1.807, 2.05) is 0 Å². The first-order valence-electron chi connectivity index (χ1n) is 6.73. The quantitative estimate of drug-likeness (QED) is 0.777. The number of aromatic nitrogens is 4. The molecule has 1 amide bonds. The Hall–Kier alpha value is -3.29. The van der Waals surface area contributed by atoms with Crippen LogP contribution in [0, 0.1) is 5.82 Å². The molecule has 0 aliphatic heterocycles. The van der Waals surface area contributed by atoms with Gasteiger partial charge in [0.2, 0.25) is 0 Å². The number of tetrazole rings is 1. The number of benzene rings is 2. The predicted molar refractivity (Wildman–Crippen MR) is 79.7 cm³/mol. The summed E-state index contributed by atoms with van der Waals surface area (Å²) in [4.78, 5) is 11.8. The Morgan fingerprint density at radius 1 is 1.17 bits per heavy atom. The molecule has 0 bridgehead atoms. The number of halogens is 1. The van der Waals surface area contributed by atoms with E-state index in [9.17, 15) is 9.18 Å². The molecule has 0 saturated carbocycles. The van der Waals surface area contributed by atoms with Crippen LogP contribution in [0.3, 0.4) is 0 Å². The van der Waals surface area contributed by atoms with Gasteiger partial charge in [0.1, 0.15) is 17.9 Å². The second-order valence-corrected chi connectivity index (χ2v) is 4.56. The summed E-state index contributed by atoms with van der Waals surface area (Å²) < 4.78 is 20.3. The van der Waals surface area contributed by atoms with Gasteiger partial charge in [0.05, 0.1) is 11.4 Å². The molecule has 7 nitrogen and oxygen atoms in total. The number of ether oxygens (including phenoxy) is 1. The maximum atomic E-state index is 13.4. The first-order valence-corrected chi connectivity index (χ1v) is 6.73. The zero-order chi connectivity index (χ0) is 16.1. The average molecular weight is 313 g/mol. The van der Waals surface area contributed by atoms with Crippen LogP contribution in [0.25, 0.3) is 5.69 Å². The summed E-state index contributed by atoms with van der Waals surface area (Å²) in [7, 11) is 0. The fourth-order valence-electron chi connectivity index (χ4n) is 1.87. The summed E-state index contributed by atoms with van der Waals surface area (Å²) in [6.45, 7) is -0.224. The van der Waals surface area contributed by atoms with Crippen molar-refractivity contribution in [1.82, 2.24) is 20.2 Å². The van der Waals surface area contributed by atoms with E-state index in [-0.39, 0.29) is 12.3 Å². The number of amides is 1. The van der Waals surface area contributed by atoms with Gasteiger partial charge >= 0.3 is 0 Å². The minimum Gasteiger partial charge on any atom is -0.484 e. The normalized spacial score (nSPS) is 10.3. The molecule has 0 spiro atoms. The molecule has 0 unspecified atom stereocenters. The van der Waals surface area contributed by atoms with Crippen molar-refractivity contribution >= 4 is 11.6 Å². The van der Waals surface area contributed by atoms with Crippen molar-refractivity contribution in [2.75, 3.05) is 11.9 Å². The highest BCUT2D eigenvalue weighted by Crippen LogP contribution is 2.15. The van der Waals surface area contributed by atoms with Crippen LogP contribution < -0.4 is 10.1 Å². The number of nitrogens with zero attached hydrogens (tertiary/aromatic N) is 4. The van der Waals surface area contributed by atoms with E-state index in [0.29, 0.717) is 5.75 Å². The molecule has 0 radical (unpaired) electrons. The van der Waals surface area contributed by atoms with Gasteiger partial charge in [-0.2, -0.15) is 0 Å². The van der Waals surface area contributed by atoms with Crippen molar-refractivity contribution in [3.8, 4) is 11.4 Å². The van der Waals surface area contributed by atoms with Gasteiger partial charge in [0.15, 0.2) is 6.61 Å². The molecule has 0 saturated heterocycles. The minimum atomic E-state index is -0.494. The second kappa shape index (κ2) is 6.65. The van der Waals surface area contributed by atoms with Crippen LogP contribution in [-0.4, -0.2) is 32.7 Å². The van der Waals surface area contributed by atoms with Crippen LogP contribution in [0.1, 0.15) is 0 Å². The van der Waals surface area contributed by atoms with E-state index in [0.717, 1.165) is 5.69 Å². The lowest BCUT2D eigenvalue weighted by Crippen LogP contribution is -2.20. The Balaban J connectivity index is 1.56. The molecule has 2 aromatic carbocycles. The van der Waals surface area contributed by atoms with Gasteiger partial charge in [-0.15, -0.1) is 5.10 Å². The van der Waals surface area contributed by atoms with Crippen molar-refractivity contribution in [2.45, 2.75) is 0 Å². The van der Waals surface area contributed by atoms with Crippen LogP contribution in [0.5, 0.6) is 5.75 Å². The van der Waals surface area contributed by atoms with Crippen LogP contribution >= 0.6 is 0 Å². The largest absolute Gasteiger partial charge is 0.484 e. The molecular formula is C15H12FN5O2. The average Bonchev–Trinajstić information content (AvgIpc) is 3.10. The lowest BCUT2D eigenvalue weighted by molar-refractivity contribution is -0.118. The number of hydrogen-bond acceptors (Lipinski definition) is 5. The molecular weight excluding hydrogens is 301 g/mol. The van der Waals surface area contributed by atoms with Gasteiger partial charge in [-0.1, -0.05) is 12.1 Å². The number of para-hydroxylation sites is 1. The Morgan fingerprint density at radius 2 is 1.96 bits per heavy atom. The van der Waals surface area contributed by atoms with Gasteiger partial charge in [-0.25, -0.2) is 9.07 Å². The number of anilines is 1. The molecule has 1 heterocycles. The predicted octanol–water partition coefficient (Wildman–Crippen LogP) is 1.82. The summed E-state index contributed by atoms with van der Waals surface area (Å²) in [5.41, 5.74) is 0.883. The van der Waals surface area contributed by atoms with E-state index >= 15 is 0 Å². The fourth-order valence-corrected chi connectivity index (χ4v) is 1.87.